The molecule has 5 nitrogen and oxygen atoms in total. The lowest BCUT2D eigenvalue weighted by atomic mass is 9.92. The molecule has 174 valence electrons. The first-order valence-corrected chi connectivity index (χ1v) is 12.6. The summed E-state index contributed by atoms with van der Waals surface area (Å²) in [4.78, 5) is 31.5. The molecule has 1 aromatic heterocycles. The Balaban J connectivity index is 1.80. The van der Waals surface area contributed by atoms with E-state index in [4.69, 9.17) is 4.74 Å². The van der Waals surface area contributed by atoms with Gasteiger partial charge >= 0.3 is 0 Å². The van der Waals surface area contributed by atoms with Gasteiger partial charge in [-0.25, -0.2) is 0 Å². The fourth-order valence-electron chi connectivity index (χ4n) is 4.22. The van der Waals surface area contributed by atoms with Crippen molar-refractivity contribution >= 4 is 23.2 Å². The molecule has 1 aliphatic rings. The highest BCUT2D eigenvalue weighted by molar-refractivity contribution is 7.10. The molecular weight excluding hydrogens is 420 g/mol. The monoisotopic (exact) mass is 456 g/mol. The van der Waals surface area contributed by atoms with Gasteiger partial charge in [-0.3, -0.25) is 9.59 Å². The fraction of sp³-hybridized carbons (Fsp3) is 0.538. The zero-order valence-electron chi connectivity index (χ0n) is 19.8. The molecule has 1 atom stereocenters. The summed E-state index contributed by atoms with van der Waals surface area (Å²) in [6, 6.07) is 10.5. The predicted molar refractivity (Wildman–Crippen MR) is 130 cm³/mol. The van der Waals surface area contributed by atoms with Crippen molar-refractivity contribution in [3.63, 3.8) is 0 Å². The molecule has 6 heteroatoms. The van der Waals surface area contributed by atoms with Crippen LogP contribution in [0.4, 0.5) is 0 Å². The van der Waals surface area contributed by atoms with E-state index in [1.165, 1.54) is 16.0 Å². The number of carbonyl (C=O) groups is 2. The highest BCUT2D eigenvalue weighted by Crippen LogP contribution is 2.38. The highest BCUT2D eigenvalue weighted by Gasteiger charge is 2.33. The lowest BCUT2D eigenvalue weighted by Crippen LogP contribution is -2.47. The Hall–Kier alpha value is -2.18. The lowest BCUT2D eigenvalue weighted by Gasteiger charge is -2.37. The molecule has 0 saturated carbocycles. The van der Waals surface area contributed by atoms with Crippen molar-refractivity contribution in [1.29, 1.82) is 0 Å². The van der Waals surface area contributed by atoms with Gasteiger partial charge < -0.3 is 14.5 Å². The number of amides is 2. The van der Waals surface area contributed by atoms with Crippen molar-refractivity contribution in [3.05, 3.63) is 57.3 Å². The summed E-state index contributed by atoms with van der Waals surface area (Å²) in [5.74, 6) is 0.321. The molecule has 1 aliphatic heterocycles. The summed E-state index contributed by atoms with van der Waals surface area (Å²) in [6.07, 6.45) is 2.06. The van der Waals surface area contributed by atoms with Crippen molar-refractivity contribution in [2.45, 2.75) is 53.0 Å². The van der Waals surface area contributed by atoms with E-state index < -0.39 is 0 Å². The Labute approximate surface area is 196 Å². The van der Waals surface area contributed by atoms with Crippen LogP contribution in [0.25, 0.3) is 0 Å². The second kappa shape index (κ2) is 11.6. The number of benzene rings is 1. The number of fused-ring (bicyclic) bond motifs is 1. The number of rotatable bonds is 10. The van der Waals surface area contributed by atoms with Crippen molar-refractivity contribution < 1.29 is 14.3 Å². The van der Waals surface area contributed by atoms with Gasteiger partial charge in [0, 0.05) is 37.6 Å². The summed E-state index contributed by atoms with van der Waals surface area (Å²) in [6.45, 7) is 10.7. The van der Waals surface area contributed by atoms with E-state index in [1.54, 1.807) is 16.2 Å². The number of carbonyl (C=O) groups excluding carboxylic acids is 2. The normalized spacial score (nSPS) is 15.7. The number of ether oxygens (including phenoxy) is 1. The average molecular weight is 457 g/mol. The fourth-order valence-corrected chi connectivity index (χ4v) is 5.12. The quantitative estimate of drug-likeness (QED) is 0.481. The first kappa shape index (κ1) is 24.5. The predicted octanol–water partition coefficient (Wildman–Crippen LogP) is 4.83. The van der Waals surface area contributed by atoms with Crippen LogP contribution in [0.3, 0.4) is 0 Å². The van der Waals surface area contributed by atoms with E-state index in [0.717, 1.165) is 18.4 Å². The molecule has 2 aromatic rings. The third kappa shape index (κ3) is 6.20. The van der Waals surface area contributed by atoms with Gasteiger partial charge in [0.1, 0.15) is 0 Å². The number of thiophene rings is 1. The van der Waals surface area contributed by atoms with Crippen LogP contribution in [0.5, 0.6) is 0 Å². The second-order valence-corrected chi connectivity index (χ2v) is 9.91. The zero-order valence-corrected chi connectivity index (χ0v) is 20.6. The maximum Gasteiger partial charge on any atom is 0.242 e. The molecule has 1 aromatic carbocycles. The van der Waals surface area contributed by atoms with E-state index in [-0.39, 0.29) is 30.3 Å². The van der Waals surface area contributed by atoms with Gasteiger partial charge in [0.2, 0.25) is 11.8 Å². The molecule has 32 heavy (non-hydrogen) atoms. The van der Waals surface area contributed by atoms with E-state index in [9.17, 15) is 9.59 Å². The van der Waals surface area contributed by atoms with Crippen LogP contribution >= 0.6 is 11.3 Å². The first-order chi connectivity index (χ1) is 15.4. The van der Waals surface area contributed by atoms with Gasteiger partial charge in [-0.2, -0.15) is 0 Å². The molecule has 0 bridgehead atoms. The van der Waals surface area contributed by atoms with Crippen LogP contribution in [0.1, 0.15) is 61.2 Å². The summed E-state index contributed by atoms with van der Waals surface area (Å²) < 4.78 is 5.45. The molecule has 2 amide bonds. The largest absolute Gasteiger partial charge is 0.382 e. The standard InChI is InChI=1S/C26H36N2O3S/c1-5-31-15-6-13-27(24(29)17-19(2)3)18-25(30)28-14-11-23-22(12-16-32-23)26(28)21-9-7-20(4)8-10-21/h7-10,12,16,19,26H,5-6,11,13-15,17-18H2,1-4H3. The summed E-state index contributed by atoms with van der Waals surface area (Å²) >= 11 is 1.77. The van der Waals surface area contributed by atoms with Gasteiger partial charge in [0.25, 0.3) is 0 Å². The Kier molecular flexibility index (Phi) is 8.88. The maximum atomic E-state index is 13.6. The van der Waals surface area contributed by atoms with E-state index in [1.807, 2.05) is 25.7 Å². The molecule has 0 spiro atoms. The van der Waals surface area contributed by atoms with Crippen LogP contribution in [0.2, 0.25) is 0 Å². The van der Waals surface area contributed by atoms with Gasteiger partial charge in [-0.1, -0.05) is 43.7 Å². The van der Waals surface area contributed by atoms with Crippen LogP contribution in [0.15, 0.2) is 35.7 Å². The number of aryl methyl sites for hydroxylation is 1. The average Bonchev–Trinajstić information content (AvgIpc) is 3.24. The van der Waals surface area contributed by atoms with Crippen molar-refractivity contribution in [1.82, 2.24) is 9.80 Å². The lowest BCUT2D eigenvalue weighted by molar-refractivity contribution is -0.142. The van der Waals surface area contributed by atoms with Crippen molar-refractivity contribution in [3.8, 4) is 0 Å². The van der Waals surface area contributed by atoms with E-state index in [2.05, 4.69) is 42.6 Å². The molecule has 2 heterocycles. The molecule has 3 rings (SSSR count). The Morgan fingerprint density at radius 3 is 2.66 bits per heavy atom. The van der Waals surface area contributed by atoms with Gasteiger partial charge in [-0.15, -0.1) is 11.3 Å². The van der Waals surface area contributed by atoms with Gasteiger partial charge in [0.05, 0.1) is 12.6 Å². The summed E-state index contributed by atoms with van der Waals surface area (Å²) in [5.41, 5.74) is 3.54. The zero-order chi connectivity index (χ0) is 23.1. The minimum atomic E-state index is -0.0939. The molecular formula is C26H36N2O3S. The molecule has 0 N–H and O–H groups in total. The second-order valence-electron chi connectivity index (χ2n) is 8.91. The molecule has 0 radical (unpaired) electrons. The van der Waals surface area contributed by atoms with Crippen molar-refractivity contribution in [2.75, 3.05) is 32.8 Å². The van der Waals surface area contributed by atoms with Crippen LogP contribution in [-0.2, 0) is 20.7 Å². The van der Waals surface area contributed by atoms with E-state index >= 15 is 0 Å². The Bertz CT molecular complexity index is 891. The van der Waals surface area contributed by atoms with Crippen LogP contribution < -0.4 is 0 Å². The number of nitrogens with zero attached hydrogens (tertiary/aromatic N) is 2. The third-order valence-electron chi connectivity index (χ3n) is 5.86. The van der Waals surface area contributed by atoms with Gasteiger partial charge in [-0.05, 0) is 55.2 Å². The molecule has 0 aliphatic carbocycles. The van der Waals surface area contributed by atoms with Crippen LogP contribution in [0, 0.1) is 12.8 Å². The van der Waals surface area contributed by atoms with E-state index in [0.29, 0.717) is 32.7 Å². The van der Waals surface area contributed by atoms with Crippen molar-refractivity contribution in [2.24, 2.45) is 5.92 Å². The Morgan fingerprint density at radius 1 is 1.22 bits per heavy atom. The minimum absolute atomic E-state index is 0.0148. The minimum Gasteiger partial charge on any atom is -0.382 e. The number of hydrogen-bond donors (Lipinski definition) is 0. The topological polar surface area (TPSA) is 49.9 Å². The third-order valence-corrected chi connectivity index (χ3v) is 6.86. The Morgan fingerprint density at radius 2 is 1.97 bits per heavy atom. The smallest absolute Gasteiger partial charge is 0.242 e. The SMILES string of the molecule is CCOCCCN(CC(=O)N1CCc2sccc2C1c1ccc(C)cc1)C(=O)CC(C)C. The molecule has 0 saturated heterocycles. The van der Waals surface area contributed by atoms with Crippen LogP contribution in [-0.4, -0.2) is 54.5 Å². The number of hydrogen-bond acceptors (Lipinski definition) is 4. The van der Waals surface area contributed by atoms with Gasteiger partial charge in [0.15, 0.2) is 0 Å². The first-order valence-electron chi connectivity index (χ1n) is 11.7. The summed E-state index contributed by atoms with van der Waals surface area (Å²) in [7, 11) is 0. The highest BCUT2D eigenvalue weighted by atomic mass is 32.1. The molecule has 1 unspecified atom stereocenters. The molecule has 0 fully saturated rings. The maximum absolute atomic E-state index is 13.6. The summed E-state index contributed by atoms with van der Waals surface area (Å²) in [5, 5.41) is 2.12.